The van der Waals surface area contributed by atoms with E-state index in [0.717, 1.165) is 56.9 Å². The first kappa shape index (κ1) is 20.6. The van der Waals surface area contributed by atoms with Crippen molar-refractivity contribution < 1.29 is 14.3 Å². The van der Waals surface area contributed by atoms with Gasteiger partial charge in [-0.15, -0.1) is 0 Å². The molecule has 1 spiro atoms. The van der Waals surface area contributed by atoms with E-state index < -0.39 is 0 Å². The minimum Gasteiger partial charge on any atom is -0.491 e. The molecule has 7 nitrogen and oxygen atoms in total. The lowest BCUT2D eigenvalue weighted by Gasteiger charge is -2.33. The second-order valence-electron chi connectivity index (χ2n) is 8.55. The van der Waals surface area contributed by atoms with Crippen molar-refractivity contribution >= 4 is 11.9 Å². The number of nitrogens with zero attached hydrogens (tertiary/aromatic N) is 3. The molecule has 1 aromatic carbocycles. The van der Waals surface area contributed by atoms with Crippen molar-refractivity contribution in [2.24, 2.45) is 5.41 Å². The van der Waals surface area contributed by atoms with Gasteiger partial charge in [0, 0.05) is 45.2 Å². The number of anilines is 1. The summed E-state index contributed by atoms with van der Waals surface area (Å²) in [7, 11) is 0. The van der Waals surface area contributed by atoms with Crippen LogP contribution < -0.4 is 10.1 Å². The van der Waals surface area contributed by atoms with Crippen LogP contribution in [0.3, 0.4) is 0 Å². The van der Waals surface area contributed by atoms with Crippen LogP contribution in [0.15, 0.2) is 36.7 Å². The Balaban J connectivity index is 1.30. The molecule has 0 bridgehead atoms. The van der Waals surface area contributed by atoms with E-state index in [1.165, 1.54) is 0 Å². The number of amides is 1. The monoisotopic (exact) mass is 410 g/mol. The summed E-state index contributed by atoms with van der Waals surface area (Å²) < 4.78 is 11.1. The zero-order valence-corrected chi connectivity index (χ0v) is 17.8. The highest BCUT2D eigenvalue weighted by atomic mass is 16.5. The van der Waals surface area contributed by atoms with Crippen molar-refractivity contribution in [2.45, 2.75) is 45.8 Å². The average Bonchev–Trinajstić information content (AvgIpc) is 3.16. The van der Waals surface area contributed by atoms with Crippen LogP contribution in [0.4, 0.5) is 5.95 Å². The normalized spacial score (nSPS) is 18.0. The number of benzene rings is 1. The Morgan fingerprint density at radius 3 is 2.53 bits per heavy atom. The number of aromatic nitrogens is 2. The minimum atomic E-state index is 0.0191. The van der Waals surface area contributed by atoms with Crippen molar-refractivity contribution in [3.63, 3.8) is 0 Å². The summed E-state index contributed by atoms with van der Waals surface area (Å²) in [6.07, 6.45) is 6.54. The number of hydrogen-bond donors (Lipinski definition) is 1. The molecular formula is C23H30N4O3. The van der Waals surface area contributed by atoms with Crippen molar-refractivity contribution in [1.29, 1.82) is 0 Å². The summed E-state index contributed by atoms with van der Waals surface area (Å²) in [5, 5.41) is 3.20. The molecule has 1 aromatic heterocycles. The Bertz CT molecular complexity index is 846. The fourth-order valence-electron chi connectivity index (χ4n) is 4.17. The smallest absolute Gasteiger partial charge is 0.257 e. The van der Waals surface area contributed by atoms with E-state index in [0.29, 0.717) is 18.1 Å². The molecule has 1 amide bonds. The van der Waals surface area contributed by atoms with Gasteiger partial charge in [-0.3, -0.25) is 4.79 Å². The Labute approximate surface area is 177 Å². The molecule has 160 valence electrons. The molecule has 30 heavy (non-hydrogen) atoms. The lowest BCUT2D eigenvalue weighted by Crippen LogP contribution is -2.35. The van der Waals surface area contributed by atoms with E-state index in [-0.39, 0.29) is 17.4 Å². The van der Waals surface area contributed by atoms with Gasteiger partial charge in [0.1, 0.15) is 5.75 Å². The van der Waals surface area contributed by atoms with Crippen LogP contribution in [-0.4, -0.2) is 53.2 Å². The van der Waals surface area contributed by atoms with E-state index in [4.69, 9.17) is 9.47 Å². The molecule has 4 rings (SSSR count). The maximum absolute atomic E-state index is 12.9. The van der Waals surface area contributed by atoms with E-state index >= 15 is 0 Å². The van der Waals surface area contributed by atoms with Gasteiger partial charge in [0.05, 0.1) is 11.7 Å². The SMILES string of the molecule is CC(C)Oc1ccc(CNc2ncc(C(=O)N3CCC4(CCOCC4)C3)cn2)cc1. The first-order valence-electron chi connectivity index (χ1n) is 10.7. The molecule has 3 heterocycles. The van der Waals surface area contributed by atoms with Gasteiger partial charge in [0.2, 0.25) is 5.95 Å². The summed E-state index contributed by atoms with van der Waals surface area (Å²) >= 11 is 0. The highest BCUT2D eigenvalue weighted by molar-refractivity contribution is 5.94. The predicted octanol–water partition coefficient (Wildman–Crippen LogP) is 3.52. The van der Waals surface area contributed by atoms with Crippen molar-refractivity contribution in [2.75, 3.05) is 31.6 Å². The maximum atomic E-state index is 12.9. The van der Waals surface area contributed by atoms with Crippen LogP contribution in [-0.2, 0) is 11.3 Å². The molecular weight excluding hydrogens is 380 g/mol. The largest absolute Gasteiger partial charge is 0.491 e. The molecule has 1 N–H and O–H groups in total. The second kappa shape index (κ2) is 9.00. The summed E-state index contributed by atoms with van der Waals surface area (Å²) in [6.45, 7) is 7.84. The van der Waals surface area contributed by atoms with Crippen molar-refractivity contribution in [3.8, 4) is 5.75 Å². The summed E-state index contributed by atoms with van der Waals surface area (Å²) in [5.41, 5.74) is 1.89. The van der Waals surface area contributed by atoms with E-state index in [9.17, 15) is 4.79 Å². The van der Waals surface area contributed by atoms with Gasteiger partial charge in [-0.25, -0.2) is 9.97 Å². The van der Waals surface area contributed by atoms with E-state index in [2.05, 4.69) is 15.3 Å². The minimum absolute atomic E-state index is 0.0191. The van der Waals surface area contributed by atoms with Gasteiger partial charge in [-0.2, -0.15) is 0 Å². The standard InChI is InChI=1S/C23H30N4O3/c1-17(2)30-20-5-3-18(4-6-20)13-24-22-25-14-19(15-26-22)21(28)27-10-7-23(16-27)8-11-29-12-9-23/h3-6,14-15,17H,7-13,16H2,1-2H3,(H,24,25,26). The number of likely N-dealkylation sites (tertiary alicyclic amines) is 1. The molecule has 2 aliphatic heterocycles. The lowest BCUT2D eigenvalue weighted by atomic mass is 9.80. The molecule has 0 saturated carbocycles. The molecule has 2 aliphatic rings. The zero-order chi connectivity index (χ0) is 21.0. The number of hydrogen-bond acceptors (Lipinski definition) is 6. The highest BCUT2D eigenvalue weighted by Crippen LogP contribution is 2.40. The maximum Gasteiger partial charge on any atom is 0.257 e. The number of carbonyl (C=O) groups excluding carboxylic acids is 1. The van der Waals surface area contributed by atoms with Gasteiger partial charge in [-0.1, -0.05) is 12.1 Å². The van der Waals surface area contributed by atoms with Crippen LogP contribution in [0.2, 0.25) is 0 Å². The number of ether oxygens (including phenoxy) is 2. The third-order valence-electron chi connectivity index (χ3n) is 5.92. The van der Waals surface area contributed by atoms with Crippen LogP contribution in [0.1, 0.15) is 49.0 Å². The summed E-state index contributed by atoms with van der Waals surface area (Å²) in [6, 6.07) is 7.95. The fourth-order valence-corrected chi connectivity index (χ4v) is 4.17. The highest BCUT2D eigenvalue weighted by Gasteiger charge is 2.41. The van der Waals surface area contributed by atoms with Crippen molar-refractivity contribution in [1.82, 2.24) is 14.9 Å². The molecule has 0 aliphatic carbocycles. The summed E-state index contributed by atoms with van der Waals surface area (Å²) in [5.74, 6) is 1.39. The molecule has 0 atom stereocenters. The second-order valence-corrected chi connectivity index (χ2v) is 8.55. The van der Waals surface area contributed by atoms with Gasteiger partial charge < -0.3 is 19.7 Å². The molecule has 2 saturated heterocycles. The molecule has 0 radical (unpaired) electrons. The van der Waals surface area contributed by atoms with Crippen LogP contribution in [0.5, 0.6) is 5.75 Å². The molecule has 2 aromatic rings. The summed E-state index contributed by atoms with van der Waals surface area (Å²) in [4.78, 5) is 23.5. The average molecular weight is 411 g/mol. The molecule has 7 heteroatoms. The van der Waals surface area contributed by atoms with E-state index in [1.807, 2.05) is 43.0 Å². The lowest BCUT2D eigenvalue weighted by molar-refractivity contribution is 0.0191. The first-order chi connectivity index (χ1) is 14.5. The predicted molar refractivity (Wildman–Crippen MR) is 115 cm³/mol. The Hall–Kier alpha value is -2.67. The Morgan fingerprint density at radius 2 is 1.87 bits per heavy atom. The Morgan fingerprint density at radius 1 is 1.17 bits per heavy atom. The van der Waals surface area contributed by atoms with Crippen LogP contribution in [0.25, 0.3) is 0 Å². The molecule has 0 unspecified atom stereocenters. The van der Waals surface area contributed by atoms with Crippen LogP contribution in [0, 0.1) is 5.41 Å². The molecule has 2 fully saturated rings. The number of carbonyl (C=O) groups is 1. The van der Waals surface area contributed by atoms with E-state index in [1.54, 1.807) is 12.4 Å². The third-order valence-corrected chi connectivity index (χ3v) is 5.92. The Kier molecular flexibility index (Phi) is 6.18. The van der Waals surface area contributed by atoms with Gasteiger partial charge in [-0.05, 0) is 56.2 Å². The van der Waals surface area contributed by atoms with Gasteiger partial charge >= 0.3 is 0 Å². The number of nitrogens with one attached hydrogen (secondary N) is 1. The number of rotatable bonds is 6. The van der Waals surface area contributed by atoms with Crippen LogP contribution >= 0.6 is 0 Å². The topological polar surface area (TPSA) is 76.6 Å². The van der Waals surface area contributed by atoms with Crippen molar-refractivity contribution in [3.05, 3.63) is 47.8 Å². The quantitative estimate of drug-likeness (QED) is 0.785. The third kappa shape index (κ3) is 4.90. The fraction of sp³-hybridized carbons (Fsp3) is 0.522. The van der Waals surface area contributed by atoms with Gasteiger partial charge in [0.15, 0.2) is 0 Å². The zero-order valence-electron chi connectivity index (χ0n) is 17.8. The van der Waals surface area contributed by atoms with Gasteiger partial charge in [0.25, 0.3) is 5.91 Å². The first-order valence-corrected chi connectivity index (χ1v) is 10.7.